The fraction of sp³-hybridized carbons (Fsp3) is 0.850. The summed E-state index contributed by atoms with van der Waals surface area (Å²) in [7, 11) is 1.40. The number of alkyl carbamates (subject to hydrolysis) is 1. The van der Waals surface area contributed by atoms with Gasteiger partial charge in [-0.3, -0.25) is 0 Å². The predicted octanol–water partition coefficient (Wildman–Crippen LogP) is 6.38. The van der Waals surface area contributed by atoms with Gasteiger partial charge in [0.05, 0.1) is 7.11 Å². The molecule has 3 heteroatoms. The van der Waals surface area contributed by atoms with Crippen molar-refractivity contribution in [1.29, 1.82) is 0 Å². The van der Waals surface area contributed by atoms with Crippen LogP contribution in [-0.2, 0) is 4.74 Å². The third-order valence-corrected chi connectivity index (χ3v) is 4.14. The lowest BCUT2D eigenvalue weighted by Crippen LogP contribution is -2.23. The second-order valence-corrected chi connectivity index (χ2v) is 6.36. The van der Waals surface area contributed by atoms with E-state index in [0.717, 1.165) is 13.0 Å². The Hall–Kier alpha value is -0.990. The minimum Gasteiger partial charge on any atom is -0.453 e. The van der Waals surface area contributed by atoms with E-state index in [1.165, 1.54) is 90.6 Å². The van der Waals surface area contributed by atoms with Crippen molar-refractivity contribution < 1.29 is 9.53 Å². The monoisotopic (exact) mass is 325 g/mol. The SMILES string of the molecule is CCCCCCCC/C=C/CCCCCCCCNC(=O)OC. The quantitative estimate of drug-likeness (QED) is 0.264. The molecule has 0 unspecified atom stereocenters. The summed E-state index contributed by atoms with van der Waals surface area (Å²) in [6, 6.07) is 0. The third kappa shape index (κ3) is 19.0. The molecule has 0 aromatic carbocycles. The molecule has 0 saturated carbocycles. The standard InChI is InChI=1S/C20H39NO2/c1-3-4-5-6-7-8-9-10-11-12-13-14-15-16-17-18-19-21-20(22)23-2/h10-11H,3-9,12-19H2,1-2H3,(H,21,22)/b11-10+. The zero-order valence-corrected chi connectivity index (χ0v) is 15.6. The number of allylic oxidation sites excluding steroid dienone is 2. The molecular weight excluding hydrogens is 286 g/mol. The van der Waals surface area contributed by atoms with Crippen LogP contribution in [0.15, 0.2) is 12.2 Å². The first-order valence-corrected chi connectivity index (χ1v) is 9.78. The Bertz CT molecular complexity index is 277. The summed E-state index contributed by atoms with van der Waals surface area (Å²) in [5.41, 5.74) is 0. The number of methoxy groups -OCH3 is 1. The van der Waals surface area contributed by atoms with Gasteiger partial charge in [-0.2, -0.15) is 0 Å². The maximum atomic E-state index is 10.8. The molecule has 0 atom stereocenters. The van der Waals surface area contributed by atoms with E-state index < -0.39 is 0 Å². The molecule has 23 heavy (non-hydrogen) atoms. The first-order chi connectivity index (χ1) is 11.3. The zero-order chi connectivity index (χ0) is 17.0. The Morgan fingerprint density at radius 1 is 0.783 bits per heavy atom. The molecule has 0 rings (SSSR count). The number of hydrogen-bond acceptors (Lipinski definition) is 2. The second-order valence-electron chi connectivity index (χ2n) is 6.36. The van der Waals surface area contributed by atoms with Crippen molar-refractivity contribution in [3.63, 3.8) is 0 Å². The van der Waals surface area contributed by atoms with Gasteiger partial charge in [-0.15, -0.1) is 0 Å². The van der Waals surface area contributed by atoms with Crippen LogP contribution in [0, 0.1) is 0 Å². The first-order valence-electron chi connectivity index (χ1n) is 9.78. The minimum atomic E-state index is -0.322. The van der Waals surface area contributed by atoms with Gasteiger partial charge in [0.25, 0.3) is 0 Å². The van der Waals surface area contributed by atoms with Crippen molar-refractivity contribution in [1.82, 2.24) is 5.32 Å². The van der Waals surface area contributed by atoms with E-state index in [-0.39, 0.29) is 6.09 Å². The van der Waals surface area contributed by atoms with E-state index in [1.54, 1.807) is 0 Å². The summed E-state index contributed by atoms with van der Waals surface area (Å²) in [5, 5.41) is 2.71. The summed E-state index contributed by atoms with van der Waals surface area (Å²) in [6.45, 7) is 3.00. The molecule has 0 aliphatic rings. The van der Waals surface area contributed by atoms with Gasteiger partial charge in [0, 0.05) is 6.54 Å². The Kier molecular flexibility index (Phi) is 18.2. The molecule has 0 fully saturated rings. The van der Waals surface area contributed by atoms with E-state index >= 15 is 0 Å². The summed E-state index contributed by atoms with van der Waals surface area (Å²) < 4.78 is 4.52. The predicted molar refractivity (Wildman–Crippen MR) is 99.9 cm³/mol. The summed E-state index contributed by atoms with van der Waals surface area (Å²) in [4.78, 5) is 10.8. The van der Waals surface area contributed by atoms with Crippen LogP contribution in [-0.4, -0.2) is 19.7 Å². The third-order valence-electron chi connectivity index (χ3n) is 4.14. The summed E-state index contributed by atoms with van der Waals surface area (Å²) >= 11 is 0. The van der Waals surface area contributed by atoms with Gasteiger partial charge in [0.2, 0.25) is 0 Å². The number of hydrogen-bond donors (Lipinski definition) is 1. The number of unbranched alkanes of at least 4 members (excludes halogenated alkanes) is 12. The van der Waals surface area contributed by atoms with Crippen molar-refractivity contribution in [2.75, 3.05) is 13.7 Å². The normalized spacial score (nSPS) is 11.0. The van der Waals surface area contributed by atoms with Crippen LogP contribution in [0.3, 0.4) is 0 Å². The Morgan fingerprint density at radius 2 is 1.26 bits per heavy atom. The number of rotatable bonds is 16. The average molecular weight is 326 g/mol. The molecule has 1 amide bonds. The molecular formula is C20H39NO2. The van der Waals surface area contributed by atoms with Gasteiger partial charge < -0.3 is 10.1 Å². The minimum absolute atomic E-state index is 0.322. The number of carbonyl (C=O) groups is 1. The molecule has 0 saturated heterocycles. The van der Waals surface area contributed by atoms with Crippen molar-refractivity contribution in [3.05, 3.63) is 12.2 Å². The van der Waals surface area contributed by atoms with Gasteiger partial charge in [-0.25, -0.2) is 4.79 Å². The maximum Gasteiger partial charge on any atom is 0.406 e. The van der Waals surface area contributed by atoms with E-state index in [2.05, 4.69) is 29.1 Å². The highest BCUT2D eigenvalue weighted by Gasteiger charge is 1.96. The van der Waals surface area contributed by atoms with Gasteiger partial charge in [-0.1, -0.05) is 76.9 Å². The summed E-state index contributed by atoms with van der Waals surface area (Å²) in [5.74, 6) is 0. The lowest BCUT2D eigenvalue weighted by molar-refractivity contribution is 0.171. The van der Waals surface area contributed by atoms with Crippen molar-refractivity contribution >= 4 is 6.09 Å². The second kappa shape index (κ2) is 19.1. The van der Waals surface area contributed by atoms with Gasteiger partial charge in [0.1, 0.15) is 0 Å². The molecule has 1 N–H and O–H groups in total. The maximum absolute atomic E-state index is 10.8. The van der Waals surface area contributed by atoms with Gasteiger partial charge in [0.15, 0.2) is 0 Å². The Morgan fingerprint density at radius 3 is 1.78 bits per heavy atom. The van der Waals surface area contributed by atoms with E-state index in [4.69, 9.17) is 0 Å². The van der Waals surface area contributed by atoms with E-state index in [1.807, 2.05) is 0 Å². The number of nitrogens with one attached hydrogen (secondary N) is 1. The van der Waals surface area contributed by atoms with Crippen LogP contribution in [0.5, 0.6) is 0 Å². The number of carbonyl (C=O) groups excluding carboxylic acids is 1. The molecule has 0 heterocycles. The Balaban J connectivity index is 3.09. The highest BCUT2D eigenvalue weighted by atomic mass is 16.5. The highest BCUT2D eigenvalue weighted by Crippen LogP contribution is 2.09. The van der Waals surface area contributed by atoms with Crippen LogP contribution in [0.2, 0.25) is 0 Å². The lowest BCUT2D eigenvalue weighted by Gasteiger charge is -2.03. The number of ether oxygens (including phenoxy) is 1. The molecule has 0 bridgehead atoms. The van der Waals surface area contributed by atoms with Crippen molar-refractivity contribution in [2.45, 2.75) is 96.8 Å². The largest absolute Gasteiger partial charge is 0.453 e. The fourth-order valence-electron chi connectivity index (χ4n) is 2.64. The average Bonchev–Trinajstić information content (AvgIpc) is 2.57. The van der Waals surface area contributed by atoms with E-state index in [9.17, 15) is 4.79 Å². The fourth-order valence-corrected chi connectivity index (χ4v) is 2.64. The van der Waals surface area contributed by atoms with Crippen molar-refractivity contribution in [3.8, 4) is 0 Å². The van der Waals surface area contributed by atoms with Crippen LogP contribution < -0.4 is 5.32 Å². The topological polar surface area (TPSA) is 38.3 Å². The molecule has 0 aromatic heterocycles. The summed E-state index contributed by atoms with van der Waals surface area (Å²) in [6.07, 6.45) is 22.7. The molecule has 136 valence electrons. The Labute approximate surface area is 144 Å². The molecule has 0 spiro atoms. The number of amides is 1. The van der Waals surface area contributed by atoms with Crippen molar-refractivity contribution in [2.24, 2.45) is 0 Å². The van der Waals surface area contributed by atoms with E-state index in [0.29, 0.717) is 0 Å². The molecule has 0 aliphatic carbocycles. The molecule has 0 aromatic rings. The van der Waals surface area contributed by atoms with Gasteiger partial charge >= 0.3 is 6.09 Å². The molecule has 3 nitrogen and oxygen atoms in total. The smallest absolute Gasteiger partial charge is 0.406 e. The van der Waals surface area contributed by atoms with Crippen LogP contribution in [0.4, 0.5) is 4.79 Å². The molecule has 0 radical (unpaired) electrons. The van der Waals surface area contributed by atoms with Crippen LogP contribution in [0.1, 0.15) is 96.8 Å². The zero-order valence-electron chi connectivity index (χ0n) is 15.6. The highest BCUT2D eigenvalue weighted by molar-refractivity contribution is 5.66. The van der Waals surface area contributed by atoms with Crippen LogP contribution >= 0.6 is 0 Å². The van der Waals surface area contributed by atoms with Gasteiger partial charge in [-0.05, 0) is 32.1 Å². The van der Waals surface area contributed by atoms with Crippen LogP contribution in [0.25, 0.3) is 0 Å². The first kappa shape index (κ1) is 22.0. The lowest BCUT2D eigenvalue weighted by atomic mass is 10.1. The molecule has 0 aliphatic heterocycles.